The Bertz CT molecular complexity index is 936. The molecule has 0 heterocycles. The molecule has 3 heteroatoms. The highest BCUT2D eigenvalue weighted by Gasteiger charge is 2.59. The normalized spacial score (nSPS) is 34.3. The third kappa shape index (κ3) is 4.08. The number of hydrogen-bond donors (Lipinski definition) is 1. The molecule has 1 N–H and O–H groups in total. The molecular weight excluding hydrogens is 434 g/mol. The molecular formula is C27H34BrNO. The lowest BCUT2D eigenvalue weighted by atomic mass is 9.43. The van der Waals surface area contributed by atoms with Crippen LogP contribution < -0.4 is 10.1 Å². The smallest absolute Gasteiger partial charge is 0.124 e. The lowest BCUT2D eigenvalue weighted by Crippen LogP contribution is -2.63. The molecule has 2 aromatic rings. The summed E-state index contributed by atoms with van der Waals surface area (Å²) in [6.45, 7) is 8.70. The average Bonchev–Trinajstić information content (AvgIpc) is 2.63. The van der Waals surface area contributed by atoms with Crippen LogP contribution >= 0.6 is 15.9 Å². The molecule has 4 aliphatic rings. The van der Waals surface area contributed by atoms with Crippen molar-refractivity contribution in [2.24, 2.45) is 16.7 Å². The average molecular weight is 468 g/mol. The summed E-state index contributed by atoms with van der Waals surface area (Å²) < 4.78 is 7.40. The van der Waals surface area contributed by atoms with Crippen molar-refractivity contribution in [2.45, 2.75) is 78.0 Å². The van der Waals surface area contributed by atoms with Gasteiger partial charge in [-0.05, 0) is 86.0 Å². The van der Waals surface area contributed by atoms with E-state index in [0.717, 1.165) is 22.7 Å². The summed E-state index contributed by atoms with van der Waals surface area (Å²) in [5.41, 5.74) is 5.12. The molecule has 2 nitrogen and oxygen atoms in total. The van der Waals surface area contributed by atoms with E-state index >= 15 is 0 Å². The van der Waals surface area contributed by atoms with Crippen LogP contribution in [0, 0.1) is 23.7 Å². The summed E-state index contributed by atoms with van der Waals surface area (Å²) in [4.78, 5) is 0. The Morgan fingerprint density at radius 2 is 1.77 bits per heavy atom. The number of ether oxygens (including phenoxy) is 1. The van der Waals surface area contributed by atoms with E-state index in [1.807, 2.05) is 0 Å². The number of halogens is 1. The monoisotopic (exact) mass is 467 g/mol. The van der Waals surface area contributed by atoms with E-state index in [2.05, 4.69) is 84.5 Å². The molecule has 0 aliphatic heterocycles. The Morgan fingerprint density at radius 3 is 2.47 bits per heavy atom. The van der Waals surface area contributed by atoms with Crippen molar-refractivity contribution < 1.29 is 4.74 Å². The topological polar surface area (TPSA) is 21.3 Å². The van der Waals surface area contributed by atoms with Gasteiger partial charge in [0.25, 0.3) is 0 Å². The van der Waals surface area contributed by atoms with E-state index in [-0.39, 0.29) is 0 Å². The lowest BCUT2D eigenvalue weighted by Gasteiger charge is -2.65. The Morgan fingerprint density at radius 1 is 1.00 bits per heavy atom. The van der Waals surface area contributed by atoms with Crippen LogP contribution in [-0.2, 0) is 13.2 Å². The first-order valence-corrected chi connectivity index (χ1v) is 12.3. The number of rotatable bonds is 6. The number of hydrogen-bond acceptors (Lipinski definition) is 2. The van der Waals surface area contributed by atoms with E-state index in [9.17, 15) is 0 Å². The summed E-state index contributed by atoms with van der Waals surface area (Å²) in [5, 5.41) is 4.07. The molecule has 0 spiro atoms. The van der Waals surface area contributed by atoms with Crippen molar-refractivity contribution >= 4 is 15.9 Å². The minimum absolute atomic E-state index is 0.305. The molecule has 30 heavy (non-hydrogen) atoms. The fourth-order valence-corrected chi connectivity index (χ4v) is 8.13. The van der Waals surface area contributed by atoms with Crippen molar-refractivity contribution in [3.63, 3.8) is 0 Å². The highest BCUT2D eigenvalue weighted by Crippen LogP contribution is 2.66. The fourth-order valence-electron chi connectivity index (χ4n) is 7.72. The quantitative estimate of drug-likeness (QED) is 0.485. The van der Waals surface area contributed by atoms with Gasteiger partial charge < -0.3 is 10.1 Å². The van der Waals surface area contributed by atoms with Gasteiger partial charge in [0.1, 0.15) is 12.4 Å². The first-order valence-electron chi connectivity index (χ1n) is 11.5. The van der Waals surface area contributed by atoms with Crippen LogP contribution in [0.15, 0.2) is 46.9 Å². The third-order valence-corrected chi connectivity index (χ3v) is 8.27. The largest absolute Gasteiger partial charge is 0.489 e. The van der Waals surface area contributed by atoms with Gasteiger partial charge in [-0.15, -0.1) is 0 Å². The van der Waals surface area contributed by atoms with E-state index in [4.69, 9.17) is 4.74 Å². The number of aryl methyl sites for hydroxylation is 1. The third-order valence-electron chi connectivity index (χ3n) is 7.78. The van der Waals surface area contributed by atoms with Crippen LogP contribution in [0.5, 0.6) is 5.75 Å². The first-order chi connectivity index (χ1) is 14.2. The zero-order valence-corrected chi connectivity index (χ0v) is 20.1. The SMILES string of the molecule is Cc1cccc(COc2ccc(Br)cc2CNC23CC4CC(C)(CC(C)(C4)C2)C3)c1. The van der Waals surface area contributed by atoms with Gasteiger partial charge in [0, 0.05) is 22.1 Å². The van der Waals surface area contributed by atoms with Crippen LogP contribution in [0.3, 0.4) is 0 Å². The van der Waals surface area contributed by atoms with Gasteiger partial charge >= 0.3 is 0 Å². The van der Waals surface area contributed by atoms with Gasteiger partial charge in [0.2, 0.25) is 0 Å². The Hall–Kier alpha value is -1.32. The zero-order chi connectivity index (χ0) is 21.0. The maximum absolute atomic E-state index is 6.28. The summed E-state index contributed by atoms with van der Waals surface area (Å²) in [5.74, 6) is 1.90. The minimum atomic E-state index is 0.305. The molecule has 2 atom stereocenters. The first kappa shape index (κ1) is 20.6. The molecule has 0 radical (unpaired) electrons. The van der Waals surface area contributed by atoms with Gasteiger partial charge in [0.15, 0.2) is 0 Å². The standard InChI is InChI=1S/C27H34BrNO/c1-19-5-4-6-20(9-19)15-30-24-8-7-23(28)10-22(24)14-29-27-13-21-11-25(2,17-27)16-26(3,12-21)18-27/h4-10,21,29H,11-18H2,1-3H3. The van der Waals surface area contributed by atoms with Crippen LogP contribution in [0.25, 0.3) is 0 Å². The summed E-state index contributed by atoms with van der Waals surface area (Å²) in [6, 6.07) is 15.0. The second-order valence-corrected chi connectivity index (χ2v) is 12.2. The van der Waals surface area contributed by atoms with Crippen LogP contribution in [0.4, 0.5) is 0 Å². The van der Waals surface area contributed by atoms with E-state index in [0.29, 0.717) is 23.0 Å². The number of nitrogens with one attached hydrogen (secondary N) is 1. The Kier molecular flexibility index (Phi) is 5.06. The van der Waals surface area contributed by atoms with Gasteiger partial charge in [-0.25, -0.2) is 0 Å². The summed E-state index contributed by atoms with van der Waals surface area (Å²) >= 11 is 3.67. The molecule has 0 amide bonds. The van der Waals surface area contributed by atoms with Gasteiger partial charge in [-0.3, -0.25) is 0 Å². The van der Waals surface area contributed by atoms with Crippen molar-refractivity contribution in [3.8, 4) is 5.75 Å². The summed E-state index contributed by atoms with van der Waals surface area (Å²) in [7, 11) is 0. The zero-order valence-electron chi connectivity index (χ0n) is 18.6. The fraction of sp³-hybridized carbons (Fsp3) is 0.556. The highest BCUT2D eigenvalue weighted by atomic mass is 79.9. The molecule has 160 valence electrons. The molecule has 4 bridgehead atoms. The second-order valence-electron chi connectivity index (χ2n) is 11.3. The van der Waals surface area contributed by atoms with Gasteiger partial charge in [-0.2, -0.15) is 0 Å². The minimum Gasteiger partial charge on any atom is -0.489 e. The molecule has 2 aromatic carbocycles. The van der Waals surface area contributed by atoms with Crippen molar-refractivity contribution in [1.29, 1.82) is 0 Å². The molecule has 4 fully saturated rings. The van der Waals surface area contributed by atoms with Crippen LogP contribution in [0.2, 0.25) is 0 Å². The van der Waals surface area contributed by atoms with E-state index in [1.54, 1.807) is 0 Å². The molecule has 4 aliphatic carbocycles. The summed E-state index contributed by atoms with van der Waals surface area (Å²) in [6.07, 6.45) is 8.31. The van der Waals surface area contributed by atoms with E-state index in [1.165, 1.54) is 55.2 Å². The number of benzene rings is 2. The predicted octanol–water partition coefficient (Wildman–Crippen LogP) is 7.18. The Balaban J connectivity index is 1.32. The van der Waals surface area contributed by atoms with Gasteiger partial charge in [-0.1, -0.05) is 59.6 Å². The Labute approximate surface area is 189 Å². The van der Waals surface area contributed by atoms with Crippen LogP contribution in [-0.4, -0.2) is 5.54 Å². The second kappa shape index (κ2) is 7.38. The van der Waals surface area contributed by atoms with Crippen molar-refractivity contribution in [2.75, 3.05) is 0 Å². The predicted molar refractivity (Wildman–Crippen MR) is 127 cm³/mol. The van der Waals surface area contributed by atoms with Crippen molar-refractivity contribution in [1.82, 2.24) is 5.32 Å². The van der Waals surface area contributed by atoms with Crippen LogP contribution in [0.1, 0.15) is 69.1 Å². The lowest BCUT2D eigenvalue weighted by molar-refractivity contribution is -0.118. The van der Waals surface area contributed by atoms with E-state index < -0.39 is 0 Å². The molecule has 0 aromatic heterocycles. The molecule has 4 saturated carbocycles. The maximum Gasteiger partial charge on any atom is 0.124 e. The molecule has 6 rings (SSSR count). The van der Waals surface area contributed by atoms with Crippen molar-refractivity contribution in [3.05, 3.63) is 63.6 Å². The maximum atomic E-state index is 6.28. The van der Waals surface area contributed by atoms with Gasteiger partial charge in [0.05, 0.1) is 0 Å². The molecule has 2 unspecified atom stereocenters. The molecule has 0 saturated heterocycles. The highest BCUT2D eigenvalue weighted by molar-refractivity contribution is 9.10.